The van der Waals surface area contributed by atoms with Gasteiger partial charge in [0.05, 0.1) is 0 Å². The molecule has 0 saturated carbocycles. The number of carbonyl (C=O) groups is 1. The quantitative estimate of drug-likeness (QED) is 0.803. The van der Waals surface area contributed by atoms with Crippen LogP contribution in [0.1, 0.15) is 31.9 Å². The van der Waals surface area contributed by atoms with E-state index in [1.807, 2.05) is 32.9 Å². The molecule has 2 rings (SSSR count). The van der Waals surface area contributed by atoms with Crippen LogP contribution in [0.5, 0.6) is 0 Å². The Kier molecular flexibility index (Phi) is 3.57. The highest BCUT2D eigenvalue weighted by Gasteiger charge is 2.16. The van der Waals surface area contributed by atoms with Crippen LogP contribution in [0.15, 0.2) is 18.2 Å². The molecule has 0 spiro atoms. The number of rotatable bonds is 1. The Labute approximate surface area is 108 Å². The lowest BCUT2D eigenvalue weighted by molar-refractivity contribution is 0.0636. The first-order valence-corrected chi connectivity index (χ1v) is 6.26. The zero-order valence-electron chi connectivity index (χ0n) is 11.2. The van der Waals surface area contributed by atoms with Gasteiger partial charge in [-0.1, -0.05) is 6.07 Å². The third-order valence-electron chi connectivity index (χ3n) is 2.74. The summed E-state index contributed by atoms with van der Waals surface area (Å²) in [6.07, 6.45) is 0.633. The zero-order chi connectivity index (χ0) is 13.2. The molecule has 1 aromatic carbocycles. The smallest absolute Gasteiger partial charge is 0.412 e. The first-order valence-electron chi connectivity index (χ1n) is 6.26. The molecule has 0 radical (unpaired) electrons. The molecule has 0 aromatic heterocycles. The van der Waals surface area contributed by atoms with Crippen LogP contribution in [0.25, 0.3) is 0 Å². The van der Waals surface area contributed by atoms with E-state index in [1.165, 1.54) is 11.1 Å². The average molecular weight is 248 g/mol. The monoisotopic (exact) mass is 248 g/mol. The predicted molar refractivity (Wildman–Crippen MR) is 71.7 cm³/mol. The molecule has 2 N–H and O–H groups in total. The van der Waals surface area contributed by atoms with E-state index in [9.17, 15) is 4.79 Å². The number of fused-ring (bicyclic) bond motifs is 1. The van der Waals surface area contributed by atoms with E-state index in [0.717, 1.165) is 25.2 Å². The largest absolute Gasteiger partial charge is 0.444 e. The van der Waals surface area contributed by atoms with Crippen molar-refractivity contribution in [2.75, 3.05) is 11.9 Å². The maximum absolute atomic E-state index is 11.6. The van der Waals surface area contributed by atoms with Crippen LogP contribution < -0.4 is 10.6 Å². The van der Waals surface area contributed by atoms with Gasteiger partial charge < -0.3 is 10.1 Å². The van der Waals surface area contributed by atoms with Crippen LogP contribution in [0.2, 0.25) is 0 Å². The highest BCUT2D eigenvalue weighted by atomic mass is 16.6. The Bertz CT molecular complexity index is 450. The maximum Gasteiger partial charge on any atom is 0.412 e. The Morgan fingerprint density at radius 1 is 1.33 bits per heavy atom. The van der Waals surface area contributed by atoms with Crippen molar-refractivity contribution in [3.8, 4) is 0 Å². The molecular weight excluding hydrogens is 228 g/mol. The highest BCUT2D eigenvalue weighted by Crippen LogP contribution is 2.19. The number of hydrogen-bond donors (Lipinski definition) is 2. The summed E-state index contributed by atoms with van der Waals surface area (Å²) in [5.74, 6) is 0. The van der Waals surface area contributed by atoms with Gasteiger partial charge >= 0.3 is 6.09 Å². The molecule has 98 valence electrons. The van der Waals surface area contributed by atoms with Crippen LogP contribution >= 0.6 is 0 Å². The molecule has 1 heterocycles. The van der Waals surface area contributed by atoms with Crippen molar-refractivity contribution in [1.82, 2.24) is 5.32 Å². The van der Waals surface area contributed by atoms with Crippen molar-refractivity contribution in [2.45, 2.75) is 39.3 Å². The van der Waals surface area contributed by atoms with Crippen molar-refractivity contribution in [3.05, 3.63) is 29.3 Å². The molecule has 18 heavy (non-hydrogen) atoms. The summed E-state index contributed by atoms with van der Waals surface area (Å²) in [6, 6.07) is 6.00. The number of anilines is 1. The van der Waals surface area contributed by atoms with E-state index in [0.29, 0.717) is 0 Å². The van der Waals surface area contributed by atoms with E-state index >= 15 is 0 Å². The fourth-order valence-electron chi connectivity index (χ4n) is 1.98. The predicted octanol–water partition coefficient (Wildman–Crippen LogP) is 2.68. The van der Waals surface area contributed by atoms with Gasteiger partial charge in [-0.15, -0.1) is 0 Å². The van der Waals surface area contributed by atoms with Gasteiger partial charge in [0.15, 0.2) is 0 Å². The summed E-state index contributed by atoms with van der Waals surface area (Å²) in [5, 5.41) is 6.08. The van der Waals surface area contributed by atoms with E-state index in [-0.39, 0.29) is 0 Å². The fraction of sp³-hybridized carbons (Fsp3) is 0.500. The molecule has 1 aromatic rings. The van der Waals surface area contributed by atoms with Crippen molar-refractivity contribution in [3.63, 3.8) is 0 Å². The van der Waals surface area contributed by atoms with Crippen molar-refractivity contribution >= 4 is 11.8 Å². The van der Waals surface area contributed by atoms with Gasteiger partial charge in [-0.2, -0.15) is 0 Å². The van der Waals surface area contributed by atoms with Crippen LogP contribution in [0.4, 0.5) is 10.5 Å². The fourth-order valence-corrected chi connectivity index (χ4v) is 1.98. The summed E-state index contributed by atoms with van der Waals surface area (Å²) in [7, 11) is 0. The summed E-state index contributed by atoms with van der Waals surface area (Å²) in [4.78, 5) is 11.6. The SMILES string of the molecule is CC(C)(C)OC(=O)Nc1ccc2c(c1)CNCC2. The van der Waals surface area contributed by atoms with Gasteiger partial charge in [0, 0.05) is 12.2 Å². The van der Waals surface area contributed by atoms with Gasteiger partial charge in [0.25, 0.3) is 0 Å². The Morgan fingerprint density at radius 2 is 2.11 bits per heavy atom. The van der Waals surface area contributed by atoms with Gasteiger partial charge in [0.1, 0.15) is 5.60 Å². The Balaban J connectivity index is 2.04. The topological polar surface area (TPSA) is 50.4 Å². The molecule has 1 aliphatic heterocycles. The van der Waals surface area contributed by atoms with E-state index in [1.54, 1.807) is 0 Å². The molecule has 1 amide bonds. The molecular formula is C14H20N2O2. The number of benzene rings is 1. The van der Waals surface area contributed by atoms with Gasteiger partial charge in [-0.05, 0) is 57.0 Å². The number of ether oxygens (including phenoxy) is 1. The molecule has 0 fully saturated rings. The summed E-state index contributed by atoms with van der Waals surface area (Å²) >= 11 is 0. The Morgan fingerprint density at radius 3 is 2.83 bits per heavy atom. The molecule has 4 nitrogen and oxygen atoms in total. The van der Waals surface area contributed by atoms with Gasteiger partial charge in [-0.3, -0.25) is 5.32 Å². The molecule has 0 atom stereocenters. The lowest BCUT2D eigenvalue weighted by Gasteiger charge is -2.21. The minimum Gasteiger partial charge on any atom is -0.444 e. The van der Waals surface area contributed by atoms with Gasteiger partial charge in [0.2, 0.25) is 0 Å². The summed E-state index contributed by atoms with van der Waals surface area (Å²) in [6.45, 7) is 7.43. The van der Waals surface area contributed by atoms with Crippen LogP contribution in [-0.4, -0.2) is 18.2 Å². The highest BCUT2D eigenvalue weighted by molar-refractivity contribution is 5.85. The molecule has 0 aliphatic carbocycles. The van der Waals surface area contributed by atoms with Crippen molar-refractivity contribution in [1.29, 1.82) is 0 Å². The maximum atomic E-state index is 11.6. The average Bonchev–Trinajstić information content (AvgIpc) is 2.26. The summed E-state index contributed by atoms with van der Waals surface area (Å²) < 4.78 is 5.22. The number of carbonyl (C=O) groups excluding carboxylic acids is 1. The molecule has 1 aliphatic rings. The minimum atomic E-state index is -0.472. The van der Waals surface area contributed by atoms with Crippen LogP contribution in [0, 0.1) is 0 Å². The summed E-state index contributed by atoms with van der Waals surface area (Å²) in [5.41, 5.74) is 2.91. The lowest BCUT2D eigenvalue weighted by Crippen LogP contribution is -2.27. The first-order chi connectivity index (χ1) is 8.44. The number of hydrogen-bond acceptors (Lipinski definition) is 3. The molecule has 4 heteroatoms. The lowest BCUT2D eigenvalue weighted by atomic mass is 10.0. The Hall–Kier alpha value is -1.55. The second kappa shape index (κ2) is 4.98. The van der Waals surface area contributed by atoms with Crippen molar-refractivity contribution in [2.24, 2.45) is 0 Å². The third-order valence-corrected chi connectivity index (χ3v) is 2.74. The normalized spacial score (nSPS) is 14.8. The standard InChI is InChI=1S/C14H20N2O2/c1-14(2,3)18-13(17)16-12-5-4-10-6-7-15-9-11(10)8-12/h4-5,8,15H,6-7,9H2,1-3H3,(H,16,17). The zero-order valence-corrected chi connectivity index (χ0v) is 11.2. The van der Waals surface area contributed by atoms with Crippen LogP contribution in [-0.2, 0) is 17.7 Å². The molecule has 0 unspecified atom stereocenters. The molecule has 0 bridgehead atoms. The third kappa shape index (κ3) is 3.47. The number of amides is 1. The first kappa shape index (κ1) is 12.9. The van der Waals surface area contributed by atoms with Crippen LogP contribution in [0.3, 0.4) is 0 Å². The second-order valence-corrected chi connectivity index (χ2v) is 5.54. The minimum absolute atomic E-state index is 0.411. The van der Waals surface area contributed by atoms with E-state index in [2.05, 4.69) is 16.7 Å². The van der Waals surface area contributed by atoms with Crippen molar-refractivity contribution < 1.29 is 9.53 Å². The molecule has 0 saturated heterocycles. The van der Waals surface area contributed by atoms with E-state index < -0.39 is 11.7 Å². The van der Waals surface area contributed by atoms with Gasteiger partial charge in [-0.25, -0.2) is 4.79 Å². The number of nitrogens with one attached hydrogen (secondary N) is 2. The van der Waals surface area contributed by atoms with E-state index in [4.69, 9.17) is 4.74 Å². The second-order valence-electron chi connectivity index (χ2n) is 5.54.